The molecule has 4 aromatic rings. The molecule has 0 saturated heterocycles. The third kappa shape index (κ3) is 2.79. The number of nitrogens with zero attached hydrogens (tertiary/aromatic N) is 6. The van der Waals surface area contributed by atoms with Gasteiger partial charge in [-0.15, -0.1) is 0 Å². The molecule has 0 radical (unpaired) electrons. The van der Waals surface area contributed by atoms with E-state index in [-0.39, 0.29) is 11.7 Å². The van der Waals surface area contributed by atoms with Gasteiger partial charge in [-0.3, -0.25) is 5.10 Å². The summed E-state index contributed by atoms with van der Waals surface area (Å²) in [5, 5.41) is 16.2. The van der Waals surface area contributed by atoms with Crippen LogP contribution in [-0.4, -0.2) is 52.9 Å². The Morgan fingerprint density at radius 3 is 2.75 bits per heavy atom. The second kappa shape index (κ2) is 6.84. The number of aliphatic hydroxyl groups is 1. The first-order chi connectivity index (χ1) is 13.4. The lowest BCUT2D eigenvalue weighted by molar-refractivity contribution is -0.0106. The highest BCUT2D eigenvalue weighted by molar-refractivity contribution is 6.32. The van der Waals surface area contributed by atoms with Crippen molar-refractivity contribution in [3.8, 4) is 23.1 Å². The Morgan fingerprint density at radius 2 is 2.11 bits per heavy atom. The summed E-state index contributed by atoms with van der Waals surface area (Å²) in [6.45, 7) is 0. The van der Waals surface area contributed by atoms with Crippen LogP contribution in [-0.2, 0) is 7.05 Å². The highest BCUT2D eigenvalue weighted by atomic mass is 35.5. The minimum absolute atomic E-state index is 0.175. The molecule has 1 atom stereocenters. The van der Waals surface area contributed by atoms with Crippen LogP contribution >= 0.6 is 11.6 Å². The normalized spacial score (nSPS) is 12.8. The smallest absolute Gasteiger partial charge is 0.271 e. The van der Waals surface area contributed by atoms with E-state index in [1.807, 2.05) is 0 Å². The van der Waals surface area contributed by atoms with Crippen LogP contribution in [0.4, 0.5) is 8.78 Å². The number of halogens is 3. The Labute approximate surface area is 161 Å². The topological polar surface area (TPSA) is 107 Å². The fraction of sp³-hybridized carbons (Fsp3) is 0.250. The van der Waals surface area contributed by atoms with Crippen molar-refractivity contribution >= 4 is 22.6 Å². The Morgan fingerprint density at radius 1 is 1.32 bits per heavy atom. The first-order valence-electron chi connectivity index (χ1n) is 8.02. The summed E-state index contributed by atoms with van der Waals surface area (Å²) in [6.07, 6.45) is -0.251. The summed E-state index contributed by atoms with van der Waals surface area (Å²) in [5.74, 6) is 0.00321. The van der Waals surface area contributed by atoms with Gasteiger partial charge < -0.3 is 19.0 Å². The van der Waals surface area contributed by atoms with Crippen molar-refractivity contribution in [2.45, 2.75) is 12.5 Å². The van der Waals surface area contributed by atoms with Crippen molar-refractivity contribution in [3.05, 3.63) is 35.6 Å². The number of fused-ring (bicyclic) bond motifs is 1. The lowest BCUT2D eigenvalue weighted by Crippen LogP contribution is -2.09. The summed E-state index contributed by atoms with van der Waals surface area (Å²) < 4.78 is 34.3. The summed E-state index contributed by atoms with van der Waals surface area (Å²) in [5.41, 5.74) is 2.24. The van der Waals surface area contributed by atoms with Crippen LogP contribution in [0.5, 0.6) is 5.88 Å². The quantitative estimate of drug-likeness (QED) is 0.524. The fourth-order valence-corrected chi connectivity index (χ4v) is 3.18. The predicted octanol–water partition coefficient (Wildman–Crippen LogP) is 2.50. The Bertz CT molecular complexity index is 1140. The number of hydrogen-bond donors (Lipinski definition) is 2. The van der Waals surface area contributed by atoms with Crippen LogP contribution in [0.2, 0.25) is 5.02 Å². The molecular formula is C16H14ClF2N7O2. The number of aromatic nitrogens is 7. The van der Waals surface area contributed by atoms with Gasteiger partial charge in [0.1, 0.15) is 21.9 Å². The zero-order valence-electron chi connectivity index (χ0n) is 14.6. The molecule has 28 heavy (non-hydrogen) atoms. The average Bonchev–Trinajstić information content (AvgIpc) is 3.40. The minimum atomic E-state index is -3.01. The molecule has 4 rings (SSSR count). The molecule has 146 valence electrons. The first kappa shape index (κ1) is 18.3. The average molecular weight is 410 g/mol. The lowest BCUT2D eigenvalue weighted by Gasteiger charge is -2.06. The summed E-state index contributed by atoms with van der Waals surface area (Å²) in [6, 6.07) is 1.68. The van der Waals surface area contributed by atoms with Crippen molar-refractivity contribution in [2.75, 3.05) is 7.11 Å². The minimum Gasteiger partial charge on any atom is -0.480 e. The number of pyridine rings is 1. The van der Waals surface area contributed by atoms with E-state index in [0.29, 0.717) is 27.4 Å². The van der Waals surface area contributed by atoms with E-state index in [9.17, 15) is 13.9 Å². The van der Waals surface area contributed by atoms with Gasteiger partial charge in [-0.2, -0.15) is 5.10 Å². The van der Waals surface area contributed by atoms with Crippen molar-refractivity contribution in [3.63, 3.8) is 0 Å². The maximum Gasteiger partial charge on any atom is 0.271 e. The Hall–Kier alpha value is -3.05. The predicted molar refractivity (Wildman–Crippen MR) is 95.7 cm³/mol. The van der Waals surface area contributed by atoms with Crippen LogP contribution in [0.3, 0.4) is 0 Å². The largest absolute Gasteiger partial charge is 0.480 e. The molecule has 0 bridgehead atoms. The van der Waals surface area contributed by atoms with Crippen LogP contribution in [0, 0.1) is 0 Å². The standard InChI is InChI=1S/C16H14ClF2N7O2/c1-25-8-5-7(17)16(28-2)21-9(8)10(26-4-3-20-6-26)11(25)14-22-15(24-23-14)12(27)13(18)19/h3-6,12-13,27H,1-2H3,(H,22,23,24). The van der Waals surface area contributed by atoms with E-state index in [1.165, 1.54) is 7.11 Å². The number of aliphatic hydroxyl groups excluding tert-OH is 1. The maximum atomic E-state index is 12.8. The van der Waals surface area contributed by atoms with Crippen LogP contribution in [0.1, 0.15) is 11.9 Å². The number of alkyl halides is 2. The lowest BCUT2D eigenvalue weighted by atomic mass is 10.3. The molecule has 0 amide bonds. The number of hydrogen-bond acceptors (Lipinski definition) is 6. The highest BCUT2D eigenvalue weighted by Crippen LogP contribution is 2.37. The number of aromatic amines is 1. The van der Waals surface area contributed by atoms with Crippen LogP contribution in [0.15, 0.2) is 24.8 Å². The fourth-order valence-electron chi connectivity index (χ4n) is 2.96. The second-order valence-electron chi connectivity index (χ2n) is 5.89. The van der Waals surface area contributed by atoms with E-state index < -0.39 is 18.4 Å². The molecule has 4 aromatic heterocycles. The molecule has 0 aliphatic rings. The van der Waals surface area contributed by atoms with Gasteiger partial charge >= 0.3 is 0 Å². The SMILES string of the molecule is COc1nc2c(-n3ccnc3)c(-c3nc(C(O)C(F)F)n[nH]3)n(C)c2cc1Cl. The Balaban J connectivity index is 2.00. The molecule has 4 heterocycles. The van der Waals surface area contributed by atoms with E-state index in [2.05, 4.69) is 25.1 Å². The van der Waals surface area contributed by atoms with E-state index >= 15 is 0 Å². The molecule has 0 aromatic carbocycles. The van der Waals surface area contributed by atoms with E-state index in [4.69, 9.17) is 16.3 Å². The van der Waals surface area contributed by atoms with Gasteiger partial charge in [-0.25, -0.2) is 23.7 Å². The third-order valence-electron chi connectivity index (χ3n) is 4.26. The number of H-pyrrole nitrogens is 1. The molecule has 1 unspecified atom stereocenters. The summed E-state index contributed by atoms with van der Waals surface area (Å²) in [4.78, 5) is 12.6. The van der Waals surface area contributed by atoms with Crippen molar-refractivity contribution in [2.24, 2.45) is 7.05 Å². The first-order valence-corrected chi connectivity index (χ1v) is 8.40. The molecule has 2 N–H and O–H groups in total. The molecule has 0 fully saturated rings. The third-order valence-corrected chi connectivity index (χ3v) is 4.53. The molecule has 0 aliphatic carbocycles. The molecule has 12 heteroatoms. The summed E-state index contributed by atoms with van der Waals surface area (Å²) in [7, 11) is 3.20. The number of nitrogens with one attached hydrogen (secondary N) is 1. The number of imidazole rings is 1. The number of aryl methyl sites for hydroxylation is 1. The van der Waals surface area contributed by atoms with Gasteiger partial charge in [0.15, 0.2) is 17.8 Å². The summed E-state index contributed by atoms with van der Waals surface area (Å²) >= 11 is 6.22. The van der Waals surface area contributed by atoms with Gasteiger partial charge in [0.25, 0.3) is 6.43 Å². The second-order valence-corrected chi connectivity index (χ2v) is 6.30. The number of ether oxygens (including phenoxy) is 1. The van der Waals surface area contributed by atoms with E-state index in [1.54, 1.807) is 41.0 Å². The van der Waals surface area contributed by atoms with Crippen LogP contribution < -0.4 is 4.74 Å². The van der Waals surface area contributed by atoms with E-state index in [0.717, 1.165) is 0 Å². The molecule has 0 aliphatic heterocycles. The van der Waals surface area contributed by atoms with Crippen molar-refractivity contribution < 1.29 is 18.6 Å². The zero-order valence-corrected chi connectivity index (χ0v) is 15.4. The van der Waals surface area contributed by atoms with Crippen molar-refractivity contribution in [1.29, 1.82) is 0 Å². The van der Waals surface area contributed by atoms with Gasteiger partial charge in [-0.05, 0) is 6.07 Å². The highest BCUT2D eigenvalue weighted by Gasteiger charge is 2.27. The molecule has 9 nitrogen and oxygen atoms in total. The van der Waals surface area contributed by atoms with Gasteiger partial charge in [-0.1, -0.05) is 11.6 Å². The van der Waals surface area contributed by atoms with Crippen molar-refractivity contribution in [1.82, 2.24) is 34.3 Å². The number of methoxy groups -OCH3 is 1. The zero-order chi connectivity index (χ0) is 20.0. The monoisotopic (exact) mass is 409 g/mol. The van der Waals surface area contributed by atoms with Gasteiger partial charge in [0.2, 0.25) is 5.88 Å². The molecule has 0 spiro atoms. The maximum absolute atomic E-state index is 12.8. The molecule has 0 saturated carbocycles. The Kier molecular flexibility index (Phi) is 4.47. The van der Waals surface area contributed by atoms with Gasteiger partial charge in [0, 0.05) is 19.4 Å². The van der Waals surface area contributed by atoms with Crippen LogP contribution in [0.25, 0.3) is 28.2 Å². The molecular weight excluding hydrogens is 396 g/mol. The number of rotatable bonds is 5. The van der Waals surface area contributed by atoms with Gasteiger partial charge in [0.05, 0.1) is 19.0 Å².